The number of nitrogens with one attached hydrogen (secondary N) is 1. The summed E-state index contributed by atoms with van der Waals surface area (Å²) in [4.78, 5) is 27.3. The van der Waals surface area contributed by atoms with Crippen LogP contribution in [0.2, 0.25) is 0 Å². The second-order valence-corrected chi connectivity index (χ2v) is 6.07. The molecule has 1 saturated carbocycles. The number of nitrogens with zero attached hydrogens (tertiary/aromatic N) is 1. The smallest absolute Gasteiger partial charge is 0.412 e. The molecule has 0 saturated heterocycles. The van der Waals surface area contributed by atoms with Crippen molar-refractivity contribution in [3.05, 3.63) is 24.0 Å². The van der Waals surface area contributed by atoms with Crippen molar-refractivity contribution in [2.75, 3.05) is 12.4 Å². The van der Waals surface area contributed by atoms with Gasteiger partial charge in [-0.05, 0) is 39.3 Å². The van der Waals surface area contributed by atoms with E-state index in [1.165, 1.54) is 7.11 Å². The third-order valence-electron chi connectivity index (χ3n) is 3.11. The number of carbonyl (C=O) groups is 2. The lowest BCUT2D eigenvalue weighted by atomic mass is 10.2. The largest absolute Gasteiger partial charge is 0.469 e. The first-order valence-corrected chi connectivity index (χ1v) is 6.84. The molecule has 21 heavy (non-hydrogen) atoms. The highest BCUT2D eigenvalue weighted by Gasteiger charge is 2.45. The molecule has 1 N–H and O–H groups in total. The van der Waals surface area contributed by atoms with Crippen LogP contribution in [0, 0.1) is 5.92 Å². The van der Waals surface area contributed by atoms with Crippen LogP contribution in [0.4, 0.5) is 10.5 Å². The molecule has 1 aliphatic rings. The quantitative estimate of drug-likeness (QED) is 0.867. The molecule has 1 fully saturated rings. The fraction of sp³-hybridized carbons (Fsp3) is 0.533. The molecule has 0 bridgehead atoms. The topological polar surface area (TPSA) is 77.5 Å². The minimum Gasteiger partial charge on any atom is -0.469 e. The summed E-state index contributed by atoms with van der Waals surface area (Å²) in [7, 11) is 1.39. The average Bonchev–Trinajstić information content (AvgIpc) is 3.16. The van der Waals surface area contributed by atoms with Crippen LogP contribution in [-0.4, -0.2) is 29.8 Å². The first kappa shape index (κ1) is 15.3. The van der Waals surface area contributed by atoms with Crippen LogP contribution < -0.4 is 5.32 Å². The summed E-state index contributed by atoms with van der Waals surface area (Å²) in [6.07, 6.45) is 1.81. The van der Waals surface area contributed by atoms with Crippen molar-refractivity contribution in [2.24, 2.45) is 5.92 Å². The van der Waals surface area contributed by atoms with Crippen molar-refractivity contribution in [3.63, 3.8) is 0 Å². The summed E-state index contributed by atoms with van der Waals surface area (Å²) in [6.45, 7) is 5.40. The Labute approximate surface area is 123 Å². The van der Waals surface area contributed by atoms with Crippen LogP contribution in [0.25, 0.3) is 0 Å². The normalized spacial score (nSPS) is 20.6. The van der Waals surface area contributed by atoms with Crippen molar-refractivity contribution >= 4 is 17.7 Å². The van der Waals surface area contributed by atoms with Gasteiger partial charge in [-0.25, -0.2) is 4.79 Å². The Morgan fingerprint density at radius 1 is 1.33 bits per heavy atom. The molecule has 1 unspecified atom stereocenters. The van der Waals surface area contributed by atoms with Crippen LogP contribution in [0.15, 0.2) is 18.3 Å². The Hall–Kier alpha value is -2.11. The molecule has 0 aromatic carbocycles. The van der Waals surface area contributed by atoms with E-state index in [2.05, 4.69) is 10.3 Å². The number of methoxy groups -OCH3 is 1. The molecule has 114 valence electrons. The molecule has 1 aliphatic carbocycles. The molecule has 6 heteroatoms. The first-order valence-electron chi connectivity index (χ1n) is 6.84. The summed E-state index contributed by atoms with van der Waals surface area (Å²) in [5, 5.41) is 2.61. The molecular weight excluding hydrogens is 272 g/mol. The minimum atomic E-state index is -0.542. The Morgan fingerprint density at radius 2 is 2.05 bits per heavy atom. The van der Waals surface area contributed by atoms with Crippen LogP contribution in [0.5, 0.6) is 0 Å². The van der Waals surface area contributed by atoms with E-state index >= 15 is 0 Å². The SMILES string of the molecule is COC(=O)[C@H]1CC1c1ccc(NC(=O)OC(C)(C)C)cn1. The monoisotopic (exact) mass is 292 g/mol. The van der Waals surface area contributed by atoms with Crippen molar-refractivity contribution in [1.82, 2.24) is 4.98 Å². The van der Waals surface area contributed by atoms with Gasteiger partial charge < -0.3 is 9.47 Å². The number of anilines is 1. The zero-order valence-corrected chi connectivity index (χ0v) is 12.7. The third kappa shape index (κ3) is 4.18. The Bertz CT molecular complexity index is 534. The molecule has 1 amide bonds. The minimum absolute atomic E-state index is 0.0906. The van der Waals surface area contributed by atoms with E-state index < -0.39 is 11.7 Å². The number of rotatable bonds is 3. The molecule has 2 atom stereocenters. The highest BCUT2D eigenvalue weighted by molar-refractivity contribution is 5.84. The van der Waals surface area contributed by atoms with E-state index in [1.807, 2.05) is 0 Å². The number of ether oxygens (including phenoxy) is 2. The molecular formula is C15H20N2O4. The Kier molecular flexibility index (Phi) is 4.16. The molecule has 6 nitrogen and oxygen atoms in total. The van der Waals surface area contributed by atoms with Crippen molar-refractivity contribution in [2.45, 2.75) is 38.7 Å². The molecule has 1 aromatic rings. The maximum absolute atomic E-state index is 11.6. The van der Waals surface area contributed by atoms with Gasteiger partial charge >= 0.3 is 12.1 Å². The zero-order valence-electron chi connectivity index (χ0n) is 12.7. The second-order valence-electron chi connectivity index (χ2n) is 6.07. The predicted molar refractivity (Wildman–Crippen MR) is 77.0 cm³/mol. The molecule has 1 heterocycles. The maximum atomic E-state index is 11.6. The van der Waals surface area contributed by atoms with Crippen LogP contribution in [-0.2, 0) is 14.3 Å². The summed E-state index contributed by atoms with van der Waals surface area (Å²) in [5.74, 6) is -0.169. The molecule has 2 rings (SSSR count). The van der Waals surface area contributed by atoms with E-state index in [4.69, 9.17) is 9.47 Å². The van der Waals surface area contributed by atoms with Gasteiger partial charge in [-0.3, -0.25) is 15.1 Å². The van der Waals surface area contributed by atoms with Crippen LogP contribution >= 0.6 is 0 Å². The fourth-order valence-electron chi connectivity index (χ4n) is 2.05. The highest BCUT2D eigenvalue weighted by atomic mass is 16.6. The zero-order chi connectivity index (χ0) is 15.6. The van der Waals surface area contributed by atoms with E-state index in [9.17, 15) is 9.59 Å². The number of esters is 1. The summed E-state index contributed by atoms with van der Waals surface area (Å²) in [5.41, 5.74) is 0.850. The summed E-state index contributed by atoms with van der Waals surface area (Å²) >= 11 is 0. The van der Waals surface area contributed by atoms with E-state index in [0.29, 0.717) is 5.69 Å². The maximum Gasteiger partial charge on any atom is 0.412 e. The molecule has 0 spiro atoms. The van der Waals surface area contributed by atoms with Gasteiger partial charge in [0.25, 0.3) is 0 Å². The highest BCUT2D eigenvalue weighted by Crippen LogP contribution is 2.47. The van der Waals surface area contributed by atoms with Gasteiger partial charge in [-0.15, -0.1) is 0 Å². The second kappa shape index (κ2) is 5.71. The number of amides is 1. The van der Waals surface area contributed by atoms with Gasteiger partial charge in [0.2, 0.25) is 0 Å². The van der Waals surface area contributed by atoms with Gasteiger partial charge in [0.1, 0.15) is 5.60 Å². The van der Waals surface area contributed by atoms with Gasteiger partial charge in [0.15, 0.2) is 0 Å². The van der Waals surface area contributed by atoms with E-state index in [1.54, 1.807) is 39.1 Å². The van der Waals surface area contributed by atoms with E-state index in [0.717, 1.165) is 12.1 Å². The van der Waals surface area contributed by atoms with Gasteiger partial charge in [-0.1, -0.05) is 0 Å². The van der Waals surface area contributed by atoms with Crippen molar-refractivity contribution < 1.29 is 19.1 Å². The summed E-state index contributed by atoms with van der Waals surface area (Å²) in [6, 6.07) is 3.55. The predicted octanol–water partition coefficient (Wildman–Crippen LogP) is 2.71. The first-order chi connectivity index (χ1) is 9.80. The number of pyridine rings is 1. The van der Waals surface area contributed by atoms with Crippen LogP contribution in [0.1, 0.15) is 38.8 Å². The van der Waals surface area contributed by atoms with Crippen molar-refractivity contribution in [3.8, 4) is 0 Å². The number of aromatic nitrogens is 1. The number of hydrogen-bond donors (Lipinski definition) is 1. The van der Waals surface area contributed by atoms with Gasteiger partial charge in [0.05, 0.1) is 24.9 Å². The summed E-state index contributed by atoms with van der Waals surface area (Å²) < 4.78 is 9.86. The average molecular weight is 292 g/mol. The van der Waals surface area contributed by atoms with Gasteiger partial charge in [0, 0.05) is 11.6 Å². The lowest BCUT2D eigenvalue weighted by Gasteiger charge is -2.19. The van der Waals surface area contributed by atoms with Crippen molar-refractivity contribution in [1.29, 1.82) is 0 Å². The lowest BCUT2D eigenvalue weighted by molar-refractivity contribution is -0.142. The Morgan fingerprint density at radius 3 is 2.57 bits per heavy atom. The molecule has 1 aromatic heterocycles. The van der Waals surface area contributed by atoms with E-state index in [-0.39, 0.29) is 17.8 Å². The Balaban J connectivity index is 1.91. The fourth-order valence-corrected chi connectivity index (χ4v) is 2.05. The molecule has 0 aliphatic heterocycles. The molecule has 0 radical (unpaired) electrons. The third-order valence-corrected chi connectivity index (χ3v) is 3.11. The standard InChI is InChI=1S/C15H20N2O4/c1-15(2,3)21-14(19)17-9-5-6-12(16-8-9)10-7-11(10)13(18)20-4/h5-6,8,10-11H,7H2,1-4H3,(H,17,19)/t10?,11-/m0/s1. The van der Waals surface area contributed by atoms with Gasteiger partial charge in [-0.2, -0.15) is 0 Å². The number of hydrogen-bond acceptors (Lipinski definition) is 5. The number of carbonyl (C=O) groups excluding carboxylic acids is 2. The lowest BCUT2D eigenvalue weighted by Crippen LogP contribution is -2.27. The van der Waals surface area contributed by atoms with Crippen LogP contribution in [0.3, 0.4) is 0 Å².